The monoisotopic (exact) mass is 235 g/mol. The van der Waals surface area contributed by atoms with Crippen molar-refractivity contribution in [3.63, 3.8) is 0 Å². The van der Waals surface area contributed by atoms with Crippen molar-refractivity contribution >= 4 is 15.9 Å². The fourth-order valence-corrected chi connectivity index (χ4v) is 1.54. The maximum Gasteiger partial charge on any atom is 0.0706 e. The zero-order valence-corrected chi connectivity index (χ0v) is 8.45. The molecule has 0 fully saturated rings. The largest absolute Gasteiger partial charge is 0.285 e. The van der Waals surface area contributed by atoms with Crippen molar-refractivity contribution in [2.75, 3.05) is 0 Å². The summed E-state index contributed by atoms with van der Waals surface area (Å²) in [6.45, 7) is 0. The molecule has 0 atom stereocenters. The highest BCUT2D eigenvalue weighted by Gasteiger charge is 1.98. The van der Waals surface area contributed by atoms with Gasteiger partial charge in [-0.2, -0.15) is 5.10 Å². The van der Waals surface area contributed by atoms with Crippen molar-refractivity contribution in [1.82, 2.24) is 10.2 Å². The number of nitrogens with one attached hydrogen (secondary N) is 1. The number of halogens is 1. The molecule has 0 aliphatic carbocycles. The lowest BCUT2D eigenvalue weighted by molar-refractivity contribution is 1.06. The molecule has 0 aliphatic rings. The lowest BCUT2D eigenvalue weighted by Gasteiger charge is -1.97. The Balaban J connectivity index is 2.19. The molecule has 2 rings (SSSR count). The van der Waals surface area contributed by atoms with E-state index in [0.29, 0.717) is 0 Å². The van der Waals surface area contributed by atoms with Crippen LogP contribution in [0.4, 0.5) is 0 Å². The quantitative estimate of drug-likeness (QED) is 0.853. The zero-order valence-electron chi connectivity index (χ0n) is 6.87. The van der Waals surface area contributed by atoms with Crippen LogP contribution in [0.25, 0.3) is 0 Å². The first-order chi connectivity index (χ1) is 6.34. The van der Waals surface area contributed by atoms with Gasteiger partial charge in [0.05, 0.1) is 5.69 Å². The highest BCUT2D eigenvalue weighted by molar-refractivity contribution is 9.10. The third-order valence-corrected chi connectivity index (χ3v) is 2.18. The van der Waals surface area contributed by atoms with E-state index >= 15 is 0 Å². The first-order valence-corrected chi connectivity index (χ1v) is 4.74. The molecule has 0 spiro atoms. The molecule has 1 N–H and O–H groups in total. The number of aromatic nitrogens is 2. The minimum atomic E-state index is 0.943. The number of H-pyrrole nitrogens is 1. The molecule has 2 aromatic rings. The van der Waals surface area contributed by atoms with Gasteiger partial charge in [0, 0.05) is 17.1 Å². The second-order valence-electron chi connectivity index (χ2n) is 2.70. The smallest absolute Gasteiger partial charge is 0.0706 e. The molecule has 1 aromatic carbocycles. The minimum absolute atomic E-state index is 0.943. The second-order valence-corrected chi connectivity index (χ2v) is 3.61. The van der Waals surface area contributed by atoms with E-state index in [2.05, 4.69) is 32.2 Å². The molecule has 0 saturated carbocycles. The molecule has 2 nitrogen and oxygen atoms in total. The molecule has 65 valence electrons. The van der Waals surface area contributed by atoms with Gasteiger partial charge in [0.15, 0.2) is 0 Å². The molecule has 13 heavy (non-hydrogen) atoms. The predicted molar refractivity (Wildman–Crippen MR) is 55.2 cm³/mol. The van der Waals surface area contributed by atoms with Crippen molar-refractivity contribution in [3.8, 4) is 0 Å². The molecule has 0 aliphatic heterocycles. The van der Waals surface area contributed by atoms with Gasteiger partial charge in [0.2, 0.25) is 0 Å². The summed E-state index contributed by atoms with van der Waals surface area (Å²) in [7, 11) is 0. The lowest BCUT2D eigenvalue weighted by Crippen LogP contribution is -1.84. The van der Waals surface area contributed by atoms with Gasteiger partial charge in [-0.05, 0) is 23.8 Å². The van der Waals surface area contributed by atoms with Crippen LogP contribution in [0.2, 0.25) is 0 Å². The van der Waals surface area contributed by atoms with Gasteiger partial charge >= 0.3 is 0 Å². The lowest BCUT2D eigenvalue weighted by atomic mass is 10.1. The van der Waals surface area contributed by atoms with Crippen LogP contribution in [-0.4, -0.2) is 10.2 Å². The number of benzene rings is 1. The van der Waals surface area contributed by atoms with Gasteiger partial charge < -0.3 is 0 Å². The first-order valence-electron chi connectivity index (χ1n) is 3.95. The Kier molecular flexibility index (Phi) is 2.45. The van der Waals surface area contributed by atoms with E-state index < -0.39 is 0 Å². The number of aromatic amines is 1. The molecular weight excluding hydrogens is 228 g/mol. The summed E-state index contributed by atoms with van der Waals surface area (Å²) in [5, 5.41) is 6.82. The predicted octanol–water partition coefficient (Wildman–Crippen LogP) is 2.77. The van der Waals surface area contributed by atoms with Crippen molar-refractivity contribution in [3.05, 3.63) is 58.7 Å². The van der Waals surface area contributed by atoms with Crippen LogP contribution in [0, 0.1) is 6.42 Å². The van der Waals surface area contributed by atoms with E-state index in [1.807, 2.05) is 36.9 Å². The Hall–Kier alpha value is -1.09. The average molecular weight is 236 g/mol. The van der Waals surface area contributed by atoms with E-state index in [1.54, 1.807) is 0 Å². The zero-order chi connectivity index (χ0) is 9.10. The Morgan fingerprint density at radius 2 is 2.23 bits per heavy atom. The van der Waals surface area contributed by atoms with Crippen LogP contribution in [0.3, 0.4) is 0 Å². The summed E-state index contributed by atoms with van der Waals surface area (Å²) in [4.78, 5) is 0. The van der Waals surface area contributed by atoms with Gasteiger partial charge in [0.25, 0.3) is 0 Å². The van der Waals surface area contributed by atoms with E-state index in [0.717, 1.165) is 15.7 Å². The van der Waals surface area contributed by atoms with E-state index in [9.17, 15) is 0 Å². The molecule has 0 unspecified atom stereocenters. The Morgan fingerprint density at radius 1 is 1.31 bits per heavy atom. The number of rotatable bonds is 2. The van der Waals surface area contributed by atoms with Gasteiger partial charge in [0.1, 0.15) is 0 Å². The van der Waals surface area contributed by atoms with Crippen molar-refractivity contribution in [1.29, 1.82) is 0 Å². The third kappa shape index (κ3) is 2.18. The Bertz CT molecular complexity index is 382. The van der Waals surface area contributed by atoms with E-state index in [1.165, 1.54) is 0 Å². The number of hydrogen-bond acceptors (Lipinski definition) is 1. The summed E-state index contributed by atoms with van der Waals surface area (Å²) >= 11 is 3.42. The normalized spacial score (nSPS) is 10.2. The first kappa shape index (κ1) is 8.51. The fourth-order valence-electron chi connectivity index (χ4n) is 1.12. The van der Waals surface area contributed by atoms with Crippen LogP contribution in [0.15, 0.2) is 41.0 Å². The topological polar surface area (TPSA) is 28.7 Å². The summed E-state index contributed by atoms with van der Waals surface area (Å²) in [6, 6.07) is 10.0. The summed E-state index contributed by atoms with van der Waals surface area (Å²) in [6.07, 6.45) is 3.82. The number of hydrogen-bond donors (Lipinski definition) is 1. The van der Waals surface area contributed by atoms with Crippen LogP contribution in [0.5, 0.6) is 0 Å². The summed E-state index contributed by atoms with van der Waals surface area (Å²) in [5.41, 5.74) is 2.08. The maximum atomic E-state index is 4.05. The highest BCUT2D eigenvalue weighted by Crippen LogP contribution is 2.15. The summed E-state index contributed by atoms with van der Waals surface area (Å²) in [5.74, 6) is 0. The molecule has 1 heterocycles. The molecule has 1 aromatic heterocycles. The molecule has 0 saturated heterocycles. The second kappa shape index (κ2) is 3.75. The highest BCUT2D eigenvalue weighted by atomic mass is 79.9. The molecule has 1 radical (unpaired) electrons. The number of nitrogens with zero attached hydrogens (tertiary/aromatic N) is 1. The van der Waals surface area contributed by atoms with Crippen molar-refractivity contribution in [2.24, 2.45) is 0 Å². The Labute approximate surface area is 85.1 Å². The summed E-state index contributed by atoms with van der Waals surface area (Å²) < 4.78 is 1.08. The van der Waals surface area contributed by atoms with Crippen LogP contribution < -0.4 is 0 Å². The molecule has 3 heteroatoms. The molecule has 0 amide bonds. The average Bonchev–Trinajstić information content (AvgIpc) is 2.57. The Morgan fingerprint density at radius 3 is 2.92 bits per heavy atom. The van der Waals surface area contributed by atoms with Gasteiger partial charge in [-0.1, -0.05) is 28.1 Å². The van der Waals surface area contributed by atoms with Crippen LogP contribution in [-0.2, 0) is 0 Å². The fraction of sp³-hybridized carbons (Fsp3) is 0. The third-order valence-electron chi connectivity index (χ3n) is 1.69. The van der Waals surface area contributed by atoms with E-state index in [-0.39, 0.29) is 0 Å². The minimum Gasteiger partial charge on any atom is -0.285 e. The van der Waals surface area contributed by atoms with Crippen molar-refractivity contribution < 1.29 is 0 Å². The van der Waals surface area contributed by atoms with Gasteiger partial charge in [-0.15, -0.1) is 0 Å². The maximum absolute atomic E-state index is 4.05. The van der Waals surface area contributed by atoms with Gasteiger partial charge in [-0.25, -0.2) is 0 Å². The van der Waals surface area contributed by atoms with Crippen molar-refractivity contribution in [2.45, 2.75) is 0 Å². The van der Waals surface area contributed by atoms with Crippen LogP contribution in [0.1, 0.15) is 11.3 Å². The molecular formula is C10H8BrN2. The van der Waals surface area contributed by atoms with Gasteiger partial charge in [-0.3, -0.25) is 5.10 Å². The molecule has 0 bridgehead atoms. The van der Waals surface area contributed by atoms with E-state index in [4.69, 9.17) is 0 Å². The standard InChI is InChI=1S/C10H8BrN2/c11-9-3-1-2-8(6-9)7-10-4-5-12-13-10/h1-7H,(H,12,13). The SMILES string of the molecule is Brc1cccc([CH]c2cc[nH]n2)c1. The van der Waals surface area contributed by atoms with Crippen LogP contribution >= 0.6 is 15.9 Å².